The van der Waals surface area contributed by atoms with Crippen LogP contribution in [0, 0.1) is 0 Å². The minimum Gasteiger partial charge on any atom is -0.347 e. The quantitative estimate of drug-likeness (QED) is 0.826. The molecule has 4 atom stereocenters. The maximum atomic E-state index is 12.6. The monoisotopic (exact) mass is 402 g/mol. The maximum Gasteiger partial charge on any atom is 0.317 e. The largest absolute Gasteiger partial charge is 0.347 e. The molecule has 6 nitrogen and oxygen atoms in total. The summed E-state index contributed by atoms with van der Waals surface area (Å²) >= 11 is 0. The van der Waals surface area contributed by atoms with Gasteiger partial charge in [-0.25, -0.2) is 4.79 Å². The minimum atomic E-state index is -1.03. The number of H-pyrrole nitrogens is 1. The number of hydrogen-bond donors (Lipinski definition) is 2. The number of nitrogens with one attached hydrogen (secondary N) is 2. The van der Waals surface area contributed by atoms with E-state index in [1.165, 1.54) is 16.5 Å². The number of piperidine rings is 1. The summed E-state index contributed by atoms with van der Waals surface area (Å²) in [5.41, 5.74) is 3.61. The van der Waals surface area contributed by atoms with Crippen molar-refractivity contribution in [2.24, 2.45) is 0 Å². The van der Waals surface area contributed by atoms with Crippen LogP contribution in [0.4, 0.5) is 4.79 Å². The topological polar surface area (TPSA) is 68.4 Å². The number of urea groups is 1. The van der Waals surface area contributed by atoms with E-state index >= 15 is 0 Å². The summed E-state index contributed by atoms with van der Waals surface area (Å²) in [7, 11) is 1.12. The van der Waals surface area contributed by atoms with Crippen LogP contribution in [-0.2, 0) is 17.2 Å². The van der Waals surface area contributed by atoms with Gasteiger partial charge in [0, 0.05) is 54.8 Å². The molecule has 2 amide bonds. The first kappa shape index (κ1) is 19.5. The highest BCUT2D eigenvalue weighted by Gasteiger charge is 2.41. The van der Waals surface area contributed by atoms with E-state index in [4.69, 9.17) is 0 Å². The average Bonchev–Trinajstić information content (AvgIpc) is 3.04. The smallest absolute Gasteiger partial charge is 0.317 e. The van der Waals surface area contributed by atoms with E-state index in [0.29, 0.717) is 12.0 Å². The molecule has 7 heteroatoms. The van der Waals surface area contributed by atoms with E-state index < -0.39 is 10.8 Å². The second-order valence-corrected chi connectivity index (χ2v) is 9.35. The van der Waals surface area contributed by atoms with Crippen LogP contribution in [-0.4, -0.2) is 70.0 Å². The molecule has 2 heterocycles. The predicted octanol–water partition coefficient (Wildman–Crippen LogP) is 2.67. The molecule has 1 aromatic heterocycles. The molecule has 2 N–H and O–H groups in total. The van der Waals surface area contributed by atoms with Gasteiger partial charge in [0.25, 0.3) is 0 Å². The molecule has 2 aliphatic rings. The molecule has 1 saturated heterocycles. The molecule has 1 aliphatic heterocycles. The lowest BCUT2D eigenvalue weighted by molar-refractivity contribution is 0.123. The van der Waals surface area contributed by atoms with Gasteiger partial charge in [0.2, 0.25) is 0 Å². The first-order chi connectivity index (χ1) is 13.4. The van der Waals surface area contributed by atoms with Gasteiger partial charge in [-0.1, -0.05) is 12.1 Å². The first-order valence-corrected chi connectivity index (χ1v) is 11.7. The Morgan fingerprint density at radius 1 is 1.36 bits per heavy atom. The Balaban J connectivity index is 1.67. The third-order valence-electron chi connectivity index (χ3n) is 6.48. The zero-order valence-electron chi connectivity index (χ0n) is 17.1. The lowest BCUT2D eigenvalue weighted by Gasteiger charge is -2.46. The van der Waals surface area contributed by atoms with E-state index in [9.17, 15) is 9.00 Å². The van der Waals surface area contributed by atoms with Crippen LogP contribution in [0.2, 0.25) is 0 Å². The highest BCUT2D eigenvalue weighted by molar-refractivity contribution is 7.84. The fourth-order valence-corrected chi connectivity index (χ4v) is 5.91. The summed E-state index contributed by atoms with van der Waals surface area (Å²) in [6, 6.07) is 6.90. The Kier molecular flexibility index (Phi) is 5.22. The highest BCUT2D eigenvalue weighted by atomic mass is 32.2. The number of benzene rings is 1. The standard InChI is InChI=1S/C21H30N4O2S/c1-5-25(6-2)21(26)22-13-10-15-14-8-7-9-17-19(14)16(20(23-17)28(4)27)11-18(15)24(3)12-13/h7-9,13,15,18,23H,5-6,10-12H2,1-4H3,(H,22,26)/t13-,15+,18+,28?/m0/s1. The Labute approximate surface area is 169 Å². The molecular formula is C21H30N4O2S. The van der Waals surface area contributed by atoms with Crippen molar-refractivity contribution in [3.05, 3.63) is 29.3 Å². The van der Waals surface area contributed by atoms with Crippen LogP contribution in [0.1, 0.15) is 37.3 Å². The zero-order valence-corrected chi connectivity index (χ0v) is 17.9. The molecule has 1 aromatic carbocycles. The molecule has 1 fully saturated rings. The lowest BCUT2D eigenvalue weighted by atomic mass is 9.74. The van der Waals surface area contributed by atoms with Crippen molar-refractivity contribution >= 4 is 27.7 Å². The number of aromatic amines is 1. The molecular weight excluding hydrogens is 372 g/mol. The van der Waals surface area contributed by atoms with E-state index in [-0.39, 0.29) is 12.1 Å². The van der Waals surface area contributed by atoms with Gasteiger partial charge in [-0.05, 0) is 50.9 Å². The molecule has 0 spiro atoms. The molecule has 28 heavy (non-hydrogen) atoms. The maximum absolute atomic E-state index is 12.6. The molecule has 1 aliphatic carbocycles. The number of fused-ring (bicyclic) bond motifs is 2. The number of carbonyl (C=O) groups excluding carboxylic acids is 1. The van der Waals surface area contributed by atoms with Crippen LogP contribution in [0.25, 0.3) is 10.9 Å². The minimum absolute atomic E-state index is 0.0295. The predicted molar refractivity (Wildman–Crippen MR) is 113 cm³/mol. The number of carbonyl (C=O) groups is 1. The number of amides is 2. The van der Waals surface area contributed by atoms with Crippen molar-refractivity contribution in [2.75, 3.05) is 32.9 Å². The lowest BCUT2D eigenvalue weighted by Crippen LogP contribution is -2.56. The second kappa shape index (κ2) is 7.52. The Morgan fingerprint density at radius 2 is 2.11 bits per heavy atom. The molecule has 2 aromatic rings. The fraction of sp³-hybridized carbons (Fsp3) is 0.571. The van der Waals surface area contributed by atoms with E-state index in [0.717, 1.165) is 43.0 Å². The third kappa shape index (κ3) is 3.14. The summed E-state index contributed by atoms with van der Waals surface area (Å²) in [6.07, 6.45) is 3.59. The third-order valence-corrected chi connectivity index (χ3v) is 7.40. The molecule has 0 radical (unpaired) electrons. The fourth-order valence-electron chi connectivity index (χ4n) is 5.12. The number of nitrogens with zero attached hydrogens (tertiary/aromatic N) is 2. The van der Waals surface area contributed by atoms with Crippen molar-refractivity contribution in [3.8, 4) is 0 Å². The van der Waals surface area contributed by atoms with Gasteiger partial charge in [-0.15, -0.1) is 0 Å². The van der Waals surface area contributed by atoms with Crippen LogP contribution < -0.4 is 5.32 Å². The van der Waals surface area contributed by atoms with Gasteiger partial charge in [-0.3, -0.25) is 4.21 Å². The molecule has 152 valence electrons. The Morgan fingerprint density at radius 3 is 2.79 bits per heavy atom. The molecule has 0 saturated carbocycles. The molecule has 4 rings (SSSR count). The molecule has 0 bridgehead atoms. The van der Waals surface area contributed by atoms with Crippen LogP contribution in [0.15, 0.2) is 23.2 Å². The van der Waals surface area contributed by atoms with E-state index in [1.807, 2.05) is 18.7 Å². The summed E-state index contributed by atoms with van der Waals surface area (Å²) in [5, 5.41) is 5.37. The Bertz CT molecular complexity index is 921. The van der Waals surface area contributed by atoms with Gasteiger partial charge in [0.1, 0.15) is 5.03 Å². The molecule has 1 unspecified atom stereocenters. The normalized spacial score (nSPS) is 25.4. The summed E-state index contributed by atoms with van der Waals surface area (Å²) in [5.74, 6) is 0.367. The van der Waals surface area contributed by atoms with Crippen LogP contribution >= 0.6 is 0 Å². The highest BCUT2D eigenvalue weighted by Crippen LogP contribution is 2.44. The van der Waals surface area contributed by atoms with Crippen LogP contribution in [0.3, 0.4) is 0 Å². The SMILES string of the molecule is CCN(CC)C(=O)N[C@H]1C[C@@H]2c3cccc4[nH]c(S(C)=O)c(c34)C[C@H]2N(C)C1. The first-order valence-electron chi connectivity index (χ1n) is 10.2. The van der Waals surface area contributed by atoms with Gasteiger partial charge in [0.15, 0.2) is 0 Å². The van der Waals surface area contributed by atoms with Gasteiger partial charge >= 0.3 is 6.03 Å². The second-order valence-electron chi connectivity index (χ2n) is 8.03. The zero-order chi connectivity index (χ0) is 20.0. The summed E-state index contributed by atoms with van der Waals surface area (Å²) in [6.45, 7) is 6.31. The number of aromatic nitrogens is 1. The number of hydrogen-bond acceptors (Lipinski definition) is 3. The van der Waals surface area contributed by atoms with Crippen molar-refractivity contribution in [2.45, 2.75) is 49.7 Å². The Hall–Kier alpha value is -1.86. The van der Waals surface area contributed by atoms with Crippen molar-refractivity contribution in [3.63, 3.8) is 0 Å². The summed E-state index contributed by atoms with van der Waals surface area (Å²) in [4.78, 5) is 20.2. The van der Waals surface area contributed by atoms with Gasteiger partial charge in [0.05, 0.1) is 10.8 Å². The number of rotatable bonds is 4. The number of likely N-dealkylation sites (tertiary alicyclic amines) is 1. The van der Waals surface area contributed by atoms with Crippen molar-refractivity contribution < 1.29 is 9.00 Å². The number of likely N-dealkylation sites (N-methyl/N-ethyl adjacent to an activating group) is 1. The average molecular weight is 403 g/mol. The van der Waals surface area contributed by atoms with Crippen LogP contribution in [0.5, 0.6) is 0 Å². The van der Waals surface area contributed by atoms with Crippen molar-refractivity contribution in [1.82, 2.24) is 20.1 Å². The van der Waals surface area contributed by atoms with Gasteiger partial charge in [-0.2, -0.15) is 0 Å². The van der Waals surface area contributed by atoms with E-state index in [2.05, 4.69) is 40.4 Å². The van der Waals surface area contributed by atoms with Crippen molar-refractivity contribution in [1.29, 1.82) is 0 Å². The summed E-state index contributed by atoms with van der Waals surface area (Å²) < 4.78 is 12.3. The van der Waals surface area contributed by atoms with E-state index in [1.54, 1.807) is 6.26 Å². The van der Waals surface area contributed by atoms with Gasteiger partial charge < -0.3 is 20.1 Å².